The van der Waals surface area contributed by atoms with Crippen LogP contribution in [-0.4, -0.2) is 23.4 Å². The van der Waals surface area contributed by atoms with E-state index in [2.05, 4.69) is 13.8 Å². The Morgan fingerprint density at radius 1 is 1.00 bits per heavy atom. The Labute approximate surface area is 192 Å². The van der Waals surface area contributed by atoms with Gasteiger partial charge in [0.05, 0.1) is 7.11 Å². The summed E-state index contributed by atoms with van der Waals surface area (Å²) < 4.78 is 25.8. The summed E-state index contributed by atoms with van der Waals surface area (Å²) in [6, 6.07) is 18.1. The number of halogens is 1. The van der Waals surface area contributed by atoms with Crippen LogP contribution in [0.1, 0.15) is 31.4 Å². The summed E-state index contributed by atoms with van der Waals surface area (Å²) in [4.78, 5) is 11.8. The number of hydrogen-bond donors (Lipinski definition) is 1. The summed E-state index contributed by atoms with van der Waals surface area (Å²) in [5, 5.41) is 9.20. The number of aliphatic carboxylic acids is 1. The van der Waals surface area contributed by atoms with Gasteiger partial charge in [0.15, 0.2) is 0 Å². The average Bonchev–Trinajstić information content (AvgIpc) is 2.77. The van der Waals surface area contributed by atoms with E-state index in [1.165, 1.54) is 6.07 Å². The van der Waals surface area contributed by atoms with Crippen molar-refractivity contribution in [1.29, 1.82) is 0 Å². The molecule has 0 spiro atoms. The van der Waals surface area contributed by atoms with Gasteiger partial charge in [-0.3, -0.25) is 4.79 Å². The van der Waals surface area contributed by atoms with Gasteiger partial charge in [-0.25, -0.2) is 4.39 Å². The highest BCUT2D eigenvalue weighted by atomic mass is 32.2. The zero-order valence-corrected chi connectivity index (χ0v) is 19.2. The summed E-state index contributed by atoms with van der Waals surface area (Å²) in [5.41, 5.74) is 3.21. The second-order valence-electron chi connectivity index (χ2n) is 7.67. The Balaban J connectivity index is 1.82. The predicted molar refractivity (Wildman–Crippen MR) is 126 cm³/mol. The highest BCUT2D eigenvalue weighted by Crippen LogP contribution is 2.37. The molecule has 0 atom stereocenters. The number of methoxy groups -OCH3 is 1. The molecule has 3 aromatic carbocycles. The van der Waals surface area contributed by atoms with E-state index in [9.17, 15) is 9.18 Å². The zero-order valence-electron chi connectivity index (χ0n) is 18.4. The van der Waals surface area contributed by atoms with Crippen molar-refractivity contribution in [2.75, 3.05) is 7.11 Å². The standard InChI is InChI=1S/C26H27FO4S/c1-17(2)32-25-14-19(7-10-22(25)23-15-20(30-3)9-11-24(23)27)16-31-21-6-4-5-18(13-21)8-12-26(28)29/h4-7,9-11,13-15,17H,8,12,16H2,1-3H3,(H,28,29). The molecule has 0 radical (unpaired) electrons. The molecule has 0 saturated heterocycles. The van der Waals surface area contributed by atoms with Gasteiger partial charge >= 0.3 is 5.97 Å². The molecule has 0 aliphatic carbocycles. The minimum absolute atomic E-state index is 0.0849. The molecule has 3 rings (SSSR count). The fourth-order valence-corrected chi connectivity index (χ4v) is 4.31. The Bertz CT molecular complexity index is 1080. The minimum atomic E-state index is -0.820. The molecular weight excluding hydrogens is 427 g/mol. The van der Waals surface area contributed by atoms with Crippen LogP contribution < -0.4 is 9.47 Å². The van der Waals surface area contributed by atoms with Gasteiger partial charge in [-0.05, 0) is 59.5 Å². The van der Waals surface area contributed by atoms with Crippen LogP contribution in [0.25, 0.3) is 11.1 Å². The Morgan fingerprint density at radius 2 is 1.81 bits per heavy atom. The smallest absolute Gasteiger partial charge is 0.303 e. The van der Waals surface area contributed by atoms with Crippen molar-refractivity contribution < 1.29 is 23.8 Å². The van der Waals surface area contributed by atoms with Gasteiger partial charge in [0.25, 0.3) is 0 Å². The van der Waals surface area contributed by atoms with Crippen LogP contribution in [0, 0.1) is 5.82 Å². The molecule has 0 amide bonds. The molecule has 168 valence electrons. The molecule has 0 unspecified atom stereocenters. The molecular formula is C26H27FO4S. The lowest BCUT2D eigenvalue weighted by atomic mass is 10.0. The van der Waals surface area contributed by atoms with E-state index in [-0.39, 0.29) is 12.2 Å². The number of ether oxygens (including phenoxy) is 2. The molecule has 0 bridgehead atoms. The van der Waals surface area contributed by atoms with E-state index in [1.54, 1.807) is 31.0 Å². The molecule has 0 saturated carbocycles. The second-order valence-corrected chi connectivity index (χ2v) is 9.29. The molecule has 0 aliphatic heterocycles. The monoisotopic (exact) mass is 454 g/mol. The molecule has 4 nitrogen and oxygen atoms in total. The van der Waals surface area contributed by atoms with E-state index < -0.39 is 5.97 Å². The lowest BCUT2D eigenvalue weighted by molar-refractivity contribution is -0.136. The van der Waals surface area contributed by atoms with Gasteiger partial charge < -0.3 is 14.6 Å². The maximum atomic E-state index is 14.6. The number of carbonyl (C=O) groups is 1. The third kappa shape index (κ3) is 6.50. The summed E-state index contributed by atoms with van der Waals surface area (Å²) >= 11 is 1.67. The van der Waals surface area contributed by atoms with Gasteiger partial charge in [-0.1, -0.05) is 38.1 Å². The third-order valence-corrected chi connectivity index (χ3v) is 5.87. The van der Waals surface area contributed by atoms with Crippen molar-refractivity contribution >= 4 is 17.7 Å². The SMILES string of the molecule is COc1ccc(F)c(-c2ccc(COc3cccc(CCC(=O)O)c3)cc2SC(C)C)c1. The highest BCUT2D eigenvalue weighted by molar-refractivity contribution is 8.00. The predicted octanol–water partition coefficient (Wildman–Crippen LogP) is 6.60. The van der Waals surface area contributed by atoms with Crippen molar-refractivity contribution in [2.24, 2.45) is 0 Å². The second kappa shape index (κ2) is 11.0. The molecule has 0 aromatic heterocycles. The van der Waals surface area contributed by atoms with Crippen LogP contribution in [-0.2, 0) is 17.8 Å². The molecule has 0 aliphatic rings. The van der Waals surface area contributed by atoms with Crippen LogP contribution in [0.15, 0.2) is 65.6 Å². The average molecular weight is 455 g/mol. The number of rotatable bonds is 10. The molecule has 1 N–H and O–H groups in total. The summed E-state index contributed by atoms with van der Waals surface area (Å²) in [6.45, 7) is 4.55. The van der Waals surface area contributed by atoms with Gasteiger partial charge in [0.1, 0.15) is 23.9 Å². The van der Waals surface area contributed by atoms with E-state index in [0.717, 1.165) is 21.6 Å². The van der Waals surface area contributed by atoms with Crippen molar-refractivity contribution in [3.8, 4) is 22.6 Å². The largest absolute Gasteiger partial charge is 0.497 e. The number of carboxylic acids is 1. The Hall–Kier alpha value is -2.99. The molecule has 3 aromatic rings. The number of carboxylic acid groups (broad SMARTS) is 1. The fraction of sp³-hybridized carbons (Fsp3) is 0.269. The van der Waals surface area contributed by atoms with Crippen molar-refractivity contribution in [1.82, 2.24) is 0 Å². The Kier molecular flexibility index (Phi) is 8.17. The van der Waals surface area contributed by atoms with E-state index >= 15 is 0 Å². The van der Waals surface area contributed by atoms with Gasteiger partial charge in [-0.15, -0.1) is 11.8 Å². The first kappa shape index (κ1) is 23.7. The first-order valence-corrected chi connectivity index (χ1v) is 11.3. The molecule has 0 heterocycles. The first-order valence-electron chi connectivity index (χ1n) is 10.4. The third-order valence-electron chi connectivity index (χ3n) is 4.80. The van der Waals surface area contributed by atoms with Gasteiger partial charge in [0.2, 0.25) is 0 Å². The molecule has 32 heavy (non-hydrogen) atoms. The minimum Gasteiger partial charge on any atom is -0.497 e. The quantitative estimate of drug-likeness (QED) is 0.350. The maximum Gasteiger partial charge on any atom is 0.303 e. The first-order chi connectivity index (χ1) is 15.4. The Morgan fingerprint density at radius 3 is 2.53 bits per heavy atom. The van der Waals surface area contributed by atoms with Crippen LogP contribution in [0.4, 0.5) is 4.39 Å². The summed E-state index contributed by atoms with van der Waals surface area (Å²) in [6.07, 6.45) is 0.546. The van der Waals surface area contributed by atoms with Gasteiger partial charge in [-0.2, -0.15) is 0 Å². The summed E-state index contributed by atoms with van der Waals surface area (Å²) in [7, 11) is 1.57. The molecule has 6 heteroatoms. The van der Waals surface area contributed by atoms with Crippen LogP contribution in [0.2, 0.25) is 0 Å². The van der Waals surface area contributed by atoms with Crippen molar-refractivity contribution in [2.45, 2.75) is 43.4 Å². The lowest BCUT2D eigenvalue weighted by Crippen LogP contribution is -2.00. The van der Waals surface area contributed by atoms with Crippen molar-refractivity contribution in [3.63, 3.8) is 0 Å². The normalized spacial score (nSPS) is 10.9. The fourth-order valence-electron chi connectivity index (χ4n) is 3.28. The van der Waals surface area contributed by atoms with E-state index in [0.29, 0.717) is 35.3 Å². The zero-order chi connectivity index (χ0) is 23.1. The lowest BCUT2D eigenvalue weighted by Gasteiger charge is -2.15. The number of thioether (sulfide) groups is 1. The maximum absolute atomic E-state index is 14.6. The topological polar surface area (TPSA) is 55.8 Å². The number of aryl methyl sites for hydroxylation is 1. The number of hydrogen-bond acceptors (Lipinski definition) is 4. The van der Waals surface area contributed by atoms with Gasteiger partial charge in [0, 0.05) is 22.1 Å². The van der Waals surface area contributed by atoms with E-state index in [4.69, 9.17) is 14.6 Å². The van der Waals surface area contributed by atoms with E-state index in [1.807, 2.05) is 42.5 Å². The van der Waals surface area contributed by atoms with Crippen LogP contribution in [0.5, 0.6) is 11.5 Å². The summed E-state index contributed by atoms with van der Waals surface area (Å²) in [5.74, 6) is 0.184. The van der Waals surface area contributed by atoms with Crippen LogP contribution in [0.3, 0.4) is 0 Å². The van der Waals surface area contributed by atoms with Crippen LogP contribution >= 0.6 is 11.8 Å². The molecule has 0 fully saturated rings. The highest BCUT2D eigenvalue weighted by Gasteiger charge is 2.14. The number of benzene rings is 3. The van der Waals surface area contributed by atoms with Crippen molar-refractivity contribution in [3.05, 3.63) is 77.6 Å².